The van der Waals surface area contributed by atoms with E-state index in [1.165, 1.54) is 0 Å². The Morgan fingerprint density at radius 1 is 1.35 bits per heavy atom. The number of hydrogen-bond acceptors (Lipinski definition) is 2. The van der Waals surface area contributed by atoms with Crippen LogP contribution in [0, 0.1) is 0 Å². The lowest BCUT2D eigenvalue weighted by Crippen LogP contribution is -2.39. The van der Waals surface area contributed by atoms with Crippen LogP contribution in [0.4, 0.5) is 23.7 Å². The number of alkyl halides is 3. The lowest BCUT2D eigenvalue weighted by molar-refractivity contribution is -0.184. The zero-order chi connectivity index (χ0) is 17.2. The van der Waals surface area contributed by atoms with E-state index in [4.69, 9.17) is 5.73 Å². The van der Waals surface area contributed by atoms with E-state index in [9.17, 15) is 22.8 Å². The maximum atomic E-state index is 12.3. The maximum Gasteiger partial charge on any atom is 0.471 e. The number of urea groups is 1. The summed E-state index contributed by atoms with van der Waals surface area (Å²) in [6.45, 7) is -0.0846. The lowest BCUT2D eigenvalue weighted by Gasteiger charge is -2.18. The van der Waals surface area contributed by atoms with Crippen LogP contribution in [-0.2, 0) is 11.2 Å². The Labute approximate surface area is 129 Å². The molecule has 0 fully saturated rings. The average Bonchev–Trinajstić information content (AvgIpc) is 2.84. The fourth-order valence-corrected chi connectivity index (χ4v) is 2.21. The van der Waals surface area contributed by atoms with Gasteiger partial charge in [0.25, 0.3) is 0 Å². The van der Waals surface area contributed by atoms with Crippen molar-refractivity contribution < 1.29 is 22.8 Å². The van der Waals surface area contributed by atoms with Crippen molar-refractivity contribution in [2.45, 2.75) is 12.6 Å². The Balaban J connectivity index is 2.14. The third-order valence-corrected chi connectivity index (χ3v) is 3.34. The average molecular weight is 328 g/mol. The molecule has 23 heavy (non-hydrogen) atoms. The van der Waals surface area contributed by atoms with Crippen molar-refractivity contribution in [1.82, 2.24) is 9.88 Å². The monoisotopic (exact) mass is 328 g/mol. The lowest BCUT2D eigenvalue weighted by atomic mass is 10.1. The summed E-state index contributed by atoms with van der Waals surface area (Å²) in [5.41, 5.74) is 7.02. The van der Waals surface area contributed by atoms with Gasteiger partial charge in [-0.3, -0.25) is 4.79 Å². The number of aromatic amines is 1. The largest absolute Gasteiger partial charge is 0.471 e. The minimum absolute atomic E-state index is 0.0846. The second-order valence-corrected chi connectivity index (χ2v) is 5.04. The molecule has 0 radical (unpaired) electrons. The van der Waals surface area contributed by atoms with Gasteiger partial charge in [0.15, 0.2) is 0 Å². The van der Waals surface area contributed by atoms with Crippen LogP contribution in [0.25, 0.3) is 10.9 Å². The molecule has 2 rings (SSSR count). The number of aromatic nitrogens is 1. The minimum Gasteiger partial charge on any atom is -0.361 e. The highest BCUT2D eigenvalue weighted by Gasteiger charge is 2.40. The van der Waals surface area contributed by atoms with Crippen LogP contribution in [0.2, 0.25) is 0 Å². The van der Waals surface area contributed by atoms with Crippen molar-refractivity contribution in [3.63, 3.8) is 0 Å². The van der Waals surface area contributed by atoms with E-state index >= 15 is 0 Å². The number of H-pyrrole nitrogens is 1. The predicted molar refractivity (Wildman–Crippen MR) is 78.9 cm³/mol. The third-order valence-electron chi connectivity index (χ3n) is 3.34. The molecule has 0 saturated carbocycles. The van der Waals surface area contributed by atoms with Crippen LogP contribution in [0.1, 0.15) is 5.56 Å². The van der Waals surface area contributed by atoms with Crippen LogP contribution in [0.3, 0.4) is 0 Å². The molecule has 0 aliphatic rings. The van der Waals surface area contributed by atoms with Gasteiger partial charge in [-0.2, -0.15) is 13.2 Å². The number of likely N-dealkylation sites (N-methyl/N-ethyl adjacent to an activating group) is 1. The number of fused-ring (bicyclic) bond motifs is 1. The first kappa shape index (κ1) is 16.7. The Morgan fingerprint density at radius 2 is 2.04 bits per heavy atom. The predicted octanol–water partition coefficient (Wildman–Crippen LogP) is 2.22. The Bertz CT molecular complexity index is 739. The molecular weight excluding hydrogens is 313 g/mol. The molecule has 3 amide bonds. The first-order valence-electron chi connectivity index (χ1n) is 6.67. The summed E-state index contributed by atoms with van der Waals surface area (Å²) < 4.78 is 37.0. The summed E-state index contributed by atoms with van der Waals surface area (Å²) in [4.78, 5) is 25.6. The topological polar surface area (TPSA) is 91.2 Å². The van der Waals surface area contributed by atoms with E-state index < -0.39 is 18.1 Å². The third kappa shape index (κ3) is 3.93. The summed E-state index contributed by atoms with van der Waals surface area (Å²) in [7, 11) is 1.10. The number of anilines is 1. The number of nitrogens with zero attached hydrogens (tertiary/aromatic N) is 1. The summed E-state index contributed by atoms with van der Waals surface area (Å²) in [6, 6.07) is 4.32. The SMILES string of the molecule is CN(CCc1c[nH]c2ccc(NC(N)=O)cc12)C(=O)C(F)(F)F. The molecule has 6 nitrogen and oxygen atoms in total. The molecule has 0 aliphatic heterocycles. The number of amides is 3. The van der Waals surface area contributed by atoms with Crippen LogP contribution in [0.15, 0.2) is 24.4 Å². The quantitative estimate of drug-likeness (QED) is 0.803. The number of nitrogens with two attached hydrogens (primary N) is 1. The van der Waals surface area contributed by atoms with Gasteiger partial charge in [-0.25, -0.2) is 4.79 Å². The van der Waals surface area contributed by atoms with E-state index in [0.717, 1.165) is 23.5 Å². The minimum atomic E-state index is -4.88. The van der Waals surface area contributed by atoms with E-state index in [0.29, 0.717) is 10.6 Å². The fraction of sp³-hybridized carbons (Fsp3) is 0.286. The standard InChI is InChI=1S/C14H15F3N4O2/c1-21(12(22)14(15,16)17)5-4-8-7-19-11-3-2-9(6-10(8)11)20-13(18)23/h2-3,6-7,19H,4-5H2,1H3,(H3,18,20,23). The molecule has 1 aromatic heterocycles. The van der Waals surface area contributed by atoms with Crippen LogP contribution in [0.5, 0.6) is 0 Å². The summed E-state index contributed by atoms with van der Waals surface area (Å²) in [5.74, 6) is -1.88. The molecule has 0 bridgehead atoms. The van der Waals surface area contributed by atoms with Gasteiger partial charge in [0.2, 0.25) is 0 Å². The van der Waals surface area contributed by atoms with Crippen LogP contribution < -0.4 is 11.1 Å². The van der Waals surface area contributed by atoms with Crippen molar-refractivity contribution in [3.05, 3.63) is 30.0 Å². The normalized spacial score (nSPS) is 11.5. The molecule has 0 saturated heterocycles. The molecule has 2 aromatic rings. The molecule has 0 unspecified atom stereocenters. The molecule has 4 N–H and O–H groups in total. The number of primary amides is 1. The van der Waals surface area contributed by atoms with Gasteiger partial charge >= 0.3 is 18.1 Å². The number of halogens is 3. The second-order valence-electron chi connectivity index (χ2n) is 5.04. The van der Waals surface area contributed by atoms with Crippen molar-refractivity contribution in [2.75, 3.05) is 18.9 Å². The van der Waals surface area contributed by atoms with E-state index in [1.54, 1.807) is 24.4 Å². The molecule has 0 atom stereocenters. The van der Waals surface area contributed by atoms with E-state index in [2.05, 4.69) is 10.3 Å². The zero-order valence-corrected chi connectivity index (χ0v) is 12.2. The van der Waals surface area contributed by atoms with Gasteiger partial charge in [-0.1, -0.05) is 0 Å². The van der Waals surface area contributed by atoms with E-state index in [1.807, 2.05) is 0 Å². The van der Waals surface area contributed by atoms with Crippen molar-refractivity contribution in [2.24, 2.45) is 5.73 Å². The maximum absolute atomic E-state index is 12.3. The summed E-state index contributed by atoms with van der Waals surface area (Å²) in [5, 5.41) is 3.17. The van der Waals surface area contributed by atoms with Crippen LogP contribution in [-0.4, -0.2) is 41.6 Å². The number of carbonyl (C=O) groups is 2. The molecular formula is C14H15F3N4O2. The molecule has 0 aliphatic carbocycles. The second kappa shape index (κ2) is 6.19. The smallest absolute Gasteiger partial charge is 0.361 e. The van der Waals surface area contributed by atoms with Gasteiger partial charge in [-0.05, 0) is 30.2 Å². The number of hydrogen-bond donors (Lipinski definition) is 3. The van der Waals surface area contributed by atoms with Gasteiger partial charge in [-0.15, -0.1) is 0 Å². The number of nitrogens with one attached hydrogen (secondary N) is 2. The van der Waals surface area contributed by atoms with Gasteiger partial charge in [0.1, 0.15) is 0 Å². The van der Waals surface area contributed by atoms with Crippen molar-refractivity contribution in [3.8, 4) is 0 Å². The number of carbonyl (C=O) groups excluding carboxylic acids is 2. The van der Waals surface area contributed by atoms with Crippen molar-refractivity contribution >= 4 is 28.5 Å². The fourth-order valence-electron chi connectivity index (χ4n) is 2.21. The Morgan fingerprint density at radius 3 is 2.65 bits per heavy atom. The van der Waals surface area contributed by atoms with Gasteiger partial charge in [0.05, 0.1) is 0 Å². The highest BCUT2D eigenvalue weighted by Crippen LogP contribution is 2.23. The Kier molecular flexibility index (Phi) is 4.48. The molecule has 1 aromatic carbocycles. The molecule has 9 heteroatoms. The summed E-state index contributed by atoms with van der Waals surface area (Å²) in [6.07, 6.45) is -2.99. The highest BCUT2D eigenvalue weighted by molar-refractivity contribution is 5.93. The molecule has 1 heterocycles. The first-order valence-corrected chi connectivity index (χ1v) is 6.67. The van der Waals surface area contributed by atoms with Crippen molar-refractivity contribution in [1.29, 1.82) is 0 Å². The van der Waals surface area contributed by atoms with Crippen LogP contribution >= 0.6 is 0 Å². The zero-order valence-electron chi connectivity index (χ0n) is 12.2. The highest BCUT2D eigenvalue weighted by atomic mass is 19.4. The summed E-state index contributed by atoms with van der Waals surface area (Å²) >= 11 is 0. The molecule has 124 valence electrons. The number of rotatable bonds is 4. The Hall–Kier alpha value is -2.71. The van der Waals surface area contributed by atoms with Gasteiger partial charge < -0.3 is 20.9 Å². The van der Waals surface area contributed by atoms with E-state index in [-0.39, 0.29) is 13.0 Å². The van der Waals surface area contributed by atoms with Gasteiger partial charge in [0, 0.05) is 36.4 Å². The number of benzene rings is 1. The first-order chi connectivity index (χ1) is 10.7. The molecule has 0 spiro atoms.